The molecule has 1 saturated heterocycles. The van der Waals surface area contributed by atoms with Crippen molar-refractivity contribution in [3.05, 3.63) is 18.3 Å². The molecule has 0 aromatic carbocycles. The highest BCUT2D eigenvalue weighted by Gasteiger charge is 2.43. The van der Waals surface area contributed by atoms with Gasteiger partial charge in [0.1, 0.15) is 11.4 Å². The van der Waals surface area contributed by atoms with Crippen molar-refractivity contribution in [3.63, 3.8) is 0 Å². The summed E-state index contributed by atoms with van der Waals surface area (Å²) < 4.78 is 5.40. The van der Waals surface area contributed by atoms with Crippen molar-refractivity contribution in [1.29, 1.82) is 0 Å². The Balaban J connectivity index is 1.66. The first-order valence-electron chi connectivity index (χ1n) is 8.28. The second-order valence-electron chi connectivity index (χ2n) is 7.58. The van der Waals surface area contributed by atoms with Crippen molar-refractivity contribution in [2.24, 2.45) is 11.8 Å². The van der Waals surface area contributed by atoms with E-state index in [2.05, 4.69) is 15.2 Å². The number of pyridine rings is 1. The zero-order valence-electron chi connectivity index (χ0n) is 14.1. The Morgan fingerprint density at radius 2 is 2.00 bits per heavy atom. The van der Waals surface area contributed by atoms with E-state index in [1.165, 1.54) is 0 Å². The molecule has 2 fully saturated rings. The summed E-state index contributed by atoms with van der Waals surface area (Å²) in [5.41, 5.74) is 6.54. The number of ether oxygens (including phenoxy) is 1. The maximum absolute atomic E-state index is 12.1. The van der Waals surface area contributed by atoms with Crippen LogP contribution in [-0.4, -0.2) is 35.8 Å². The van der Waals surface area contributed by atoms with Crippen LogP contribution in [0.1, 0.15) is 33.6 Å². The van der Waals surface area contributed by atoms with E-state index in [0.717, 1.165) is 31.6 Å². The van der Waals surface area contributed by atoms with Crippen molar-refractivity contribution in [1.82, 2.24) is 10.3 Å². The molecule has 1 aliphatic carbocycles. The largest absolute Gasteiger partial charge is 0.444 e. The van der Waals surface area contributed by atoms with Crippen molar-refractivity contribution >= 4 is 17.6 Å². The lowest BCUT2D eigenvalue weighted by atomic mass is 9.92. The number of alkyl carbamates (subject to hydrolysis) is 1. The lowest BCUT2D eigenvalue weighted by Crippen LogP contribution is -2.53. The van der Waals surface area contributed by atoms with E-state index >= 15 is 0 Å². The van der Waals surface area contributed by atoms with E-state index in [1.807, 2.05) is 32.9 Å². The van der Waals surface area contributed by atoms with Crippen molar-refractivity contribution in [2.75, 3.05) is 23.7 Å². The minimum atomic E-state index is -0.464. The third-order valence-corrected chi connectivity index (χ3v) is 4.67. The zero-order chi connectivity index (χ0) is 16.6. The SMILES string of the molecule is CC(C)(C)OC(=O)N[C@H]1C2CC[C@@H]1CN(c1cccnc1N)C2. The molecule has 2 bridgehead atoms. The van der Waals surface area contributed by atoms with Crippen molar-refractivity contribution in [3.8, 4) is 0 Å². The molecule has 23 heavy (non-hydrogen) atoms. The van der Waals surface area contributed by atoms with Crippen LogP contribution in [0.4, 0.5) is 16.3 Å². The first kappa shape index (κ1) is 15.9. The maximum atomic E-state index is 12.1. The molecule has 0 spiro atoms. The fourth-order valence-electron chi connectivity index (χ4n) is 3.78. The number of nitrogens with two attached hydrogens (primary N) is 1. The molecule has 1 unspecified atom stereocenters. The van der Waals surface area contributed by atoms with Gasteiger partial charge in [-0.2, -0.15) is 0 Å². The van der Waals surface area contributed by atoms with Gasteiger partial charge in [0.25, 0.3) is 0 Å². The molecule has 3 atom stereocenters. The first-order chi connectivity index (χ1) is 10.8. The molecule has 6 nitrogen and oxygen atoms in total. The molecule has 0 radical (unpaired) electrons. The predicted octanol–water partition coefficient (Wildman–Crippen LogP) is 2.40. The summed E-state index contributed by atoms with van der Waals surface area (Å²) in [5, 5.41) is 3.09. The van der Waals surface area contributed by atoms with Gasteiger partial charge in [-0.25, -0.2) is 9.78 Å². The van der Waals surface area contributed by atoms with Crippen LogP contribution in [0.15, 0.2) is 18.3 Å². The summed E-state index contributed by atoms with van der Waals surface area (Å²) in [5.74, 6) is 1.44. The number of nitrogen functional groups attached to an aromatic ring is 1. The fourth-order valence-corrected chi connectivity index (χ4v) is 3.78. The standard InChI is InChI=1S/C17H26N4O2/c1-17(2,3)23-16(22)20-14-11-6-7-12(14)10-21(9-11)13-5-4-8-19-15(13)18/h4-5,8,11-12,14H,6-7,9-10H2,1-3H3,(H2,18,19)(H,20,22)/t11-,12?,14-/m1/s1. The van der Waals surface area contributed by atoms with Gasteiger partial charge in [0.15, 0.2) is 0 Å². The molecule has 1 aliphatic heterocycles. The minimum Gasteiger partial charge on any atom is -0.444 e. The lowest BCUT2D eigenvalue weighted by Gasteiger charge is -2.39. The Morgan fingerprint density at radius 3 is 2.57 bits per heavy atom. The molecular formula is C17H26N4O2. The summed E-state index contributed by atoms with van der Waals surface area (Å²) in [6, 6.07) is 4.13. The summed E-state index contributed by atoms with van der Waals surface area (Å²) in [6.45, 7) is 7.44. The van der Waals surface area contributed by atoms with E-state index in [4.69, 9.17) is 10.5 Å². The van der Waals surface area contributed by atoms with Crippen LogP contribution in [0.3, 0.4) is 0 Å². The highest BCUT2D eigenvalue weighted by molar-refractivity contribution is 5.68. The topological polar surface area (TPSA) is 80.5 Å². The molecule has 126 valence electrons. The van der Waals surface area contributed by atoms with Gasteiger partial charge in [-0.15, -0.1) is 0 Å². The van der Waals surface area contributed by atoms with Crippen LogP contribution >= 0.6 is 0 Å². The third kappa shape index (κ3) is 3.51. The van der Waals surface area contributed by atoms with Gasteiger partial charge in [0.2, 0.25) is 0 Å². The highest BCUT2D eigenvalue weighted by atomic mass is 16.6. The molecule has 3 N–H and O–H groups in total. The monoisotopic (exact) mass is 318 g/mol. The highest BCUT2D eigenvalue weighted by Crippen LogP contribution is 2.39. The van der Waals surface area contributed by atoms with Gasteiger partial charge in [0.05, 0.1) is 5.69 Å². The van der Waals surface area contributed by atoms with Crippen LogP contribution in [0, 0.1) is 11.8 Å². The Morgan fingerprint density at radius 1 is 1.35 bits per heavy atom. The number of nitrogens with zero attached hydrogens (tertiary/aromatic N) is 2. The number of carbonyl (C=O) groups excluding carboxylic acids is 1. The smallest absolute Gasteiger partial charge is 0.407 e. The molecule has 1 amide bonds. The van der Waals surface area contributed by atoms with Crippen LogP contribution in [0.2, 0.25) is 0 Å². The quantitative estimate of drug-likeness (QED) is 0.875. The summed E-state index contributed by atoms with van der Waals surface area (Å²) in [6.07, 6.45) is 3.65. The fraction of sp³-hybridized carbons (Fsp3) is 0.647. The van der Waals surface area contributed by atoms with Gasteiger partial charge in [0, 0.05) is 25.3 Å². The van der Waals surface area contributed by atoms with Gasteiger partial charge < -0.3 is 20.7 Å². The molecule has 1 aromatic rings. The molecule has 3 rings (SSSR count). The Hall–Kier alpha value is -1.98. The lowest BCUT2D eigenvalue weighted by molar-refractivity contribution is 0.0472. The van der Waals surface area contributed by atoms with Crippen LogP contribution in [-0.2, 0) is 4.74 Å². The third-order valence-electron chi connectivity index (χ3n) is 4.67. The maximum Gasteiger partial charge on any atom is 0.407 e. The second kappa shape index (κ2) is 5.91. The average molecular weight is 318 g/mol. The number of aromatic nitrogens is 1. The van der Waals surface area contributed by atoms with Crippen molar-refractivity contribution < 1.29 is 9.53 Å². The number of anilines is 2. The number of hydrogen-bond donors (Lipinski definition) is 2. The van der Waals surface area contributed by atoms with Gasteiger partial charge >= 0.3 is 6.09 Å². The van der Waals surface area contributed by atoms with Gasteiger partial charge in [-0.1, -0.05) is 0 Å². The number of amides is 1. The van der Waals surface area contributed by atoms with Crippen molar-refractivity contribution in [2.45, 2.75) is 45.3 Å². The molecular weight excluding hydrogens is 292 g/mol. The molecule has 1 saturated carbocycles. The van der Waals surface area contributed by atoms with E-state index < -0.39 is 5.60 Å². The number of fused-ring (bicyclic) bond motifs is 2. The molecule has 6 heteroatoms. The summed E-state index contributed by atoms with van der Waals surface area (Å²) in [7, 11) is 0. The average Bonchev–Trinajstić information content (AvgIpc) is 2.68. The van der Waals surface area contributed by atoms with E-state index in [9.17, 15) is 4.79 Å². The molecule has 1 aromatic heterocycles. The molecule has 2 aliphatic rings. The summed E-state index contributed by atoms with van der Waals surface area (Å²) >= 11 is 0. The number of rotatable bonds is 2. The van der Waals surface area contributed by atoms with Crippen LogP contribution in [0.25, 0.3) is 0 Å². The van der Waals surface area contributed by atoms with Crippen LogP contribution < -0.4 is 16.0 Å². The second-order valence-corrected chi connectivity index (χ2v) is 7.58. The number of hydrogen-bond acceptors (Lipinski definition) is 5. The first-order valence-corrected chi connectivity index (χ1v) is 8.28. The Labute approximate surface area is 137 Å². The van der Waals surface area contributed by atoms with E-state index in [-0.39, 0.29) is 12.1 Å². The number of piperidine rings is 1. The normalized spacial score (nSPS) is 26.9. The molecule has 2 heterocycles. The Kier molecular flexibility index (Phi) is 4.08. The minimum absolute atomic E-state index is 0.194. The predicted molar refractivity (Wildman–Crippen MR) is 90.2 cm³/mol. The van der Waals surface area contributed by atoms with E-state index in [0.29, 0.717) is 17.7 Å². The van der Waals surface area contributed by atoms with Gasteiger partial charge in [-0.3, -0.25) is 0 Å². The van der Waals surface area contributed by atoms with Gasteiger partial charge in [-0.05, 0) is 57.6 Å². The number of nitrogens with one attached hydrogen (secondary N) is 1. The summed E-state index contributed by atoms with van der Waals surface area (Å²) in [4.78, 5) is 18.6. The number of carbonyl (C=O) groups is 1. The Bertz CT molecular complexity index is 570. The van der Waals surface area contributed by atoms with Crippen LogP contribution in [0.5, 0.6) is 0 Å². The zero-order valence-corrected chi connectivity index (χ0v) is 14.1. The van der Waals surface area contributed by atoms with E-state index in [1.54, 1.807) is 6.20 Å².